The molecule has 0 heterocycles. The highest BCUT2D eigenvalue weighted by Crippen LogP contribution is 2.22. The number of nitrogens with one attached hydrogen (secondary N) is 7. The molecule has 0 aromatic heterocycles. The van der Waals surface area contributed by atoms with E-state index in [9.17, 15) is 38.8 Å². The van der Waals surface area contributed by atoms with Gasteiger partial charge < -0.3 is 41.8 Å². The van der Waals surface area contributed by atoms with E-state index in [4.69, 9.17) is 5.41 Å². The molecule has 1 fully saturated rings. The molecule has 6 atom stereocenters. The van der Waals surface area contributed by atoms with Gasteiger partial charge in [-0.05, 0) is 48.5 Å². The first-order chi connectivity index (χ1) is 18.0. The Labute approximate surface area is 214 Å². The monoisotopic (exact) mass is 536 g/mol. The van der Waals surface area contributed by atoms with Crippen LogP contribution in [0.3, 0.4) is 0 Å². The van der Waals surface area contributed by atoms with E-state index < -0.39 is 66.2 Å². The highest BCUT2D eigenvalue weighted by atomic mass is 19.1. The lowest BCUT2D eigenvalue weighted by atomic mass is 9.82. The minimum absolute atomic E-state index is 0.232. The van der Waals surface area contributed by atoms with Crippen molar-refractivity contribution in [3.05, 3.63) is 60.2 Å². The number of hydrogen-bond donors (Lipinski definition) is 11. The number of carbonyl (C=O) groups excluding carboxylic acids is 2. The molecule has 0 bridgehead atoms. The topological polar surface area (TPSA) is 223 Å². The lowest BCUT2D eigenvalue weighted by molar-refractivity contribution is -0.147. The Balaban J connectivity index is 1.53. The summed E-state index contributed by atoms with van der Waals surface area (Å²) in [5.74, 6) is -1.66. The Bertz CT molecular complexity index is 1150. The van der Waals surface area contributed by atoms with E-state index in [-0.39, 0.29) is 5.69 Å². The van der Waals surface area contributed by atoms with Crippen molar-refractivity contribution >= 4 is 35.7 Å². The van der Waals surface area contributed by atoms with Crippen molar-refractivity contribution in [1.29, 1.82) is 5.41 Å². The van der Waals surface area contributed by atoms with Gasteiger partial charge in [-0.2, -0.15) is 5.10 Å². The fourth-order valence-electron chi connectivity index (χ4n) is 3.50. The van der Waals surface area contributed by atoms with Crippen LogP contribution in [-0.2, 0) is 0 Å². The third-order valence-electron chi connectivity index (χ3n) is 5.41. The van der Waals surface area contributed by atoms with Gasteiger partial charge in [-0.1, -0.05) is 0 Å². The third-order valence-corrected chi connectivity index (χ3v) is 5.41. The summed E-state index contributed by atoms with van der Waals surface area (Å²) in [7, 11) is 0. The standard InChI is InChI=1S/C22H26F2N8O6/c23-10-1-5-12(6-2-10)28-21(37)26-9-27-32-15-16(33)14(17(34)19(36)18(15)35)30-20(25)31-22(38)29-13-7-3-11(24)4-8-13/h1-9,14-19,32-36H,(H2,26,27,28,37)(H4,25,29,30,31,38). The lowest BCUT2D eigenvalue weighted by Crippen LogP contribution is -2.71. The van der Waals surface area contributed by atoms with E-state index in [1.807, 2.05) is 0 Å². The summed E-state index contributed by atoms with van der Waals surface area (Å²) in [4.78, 5) is 23.9. The lowest BCUT2D eigenvalue weighted by Gasteiger charge is -2.44. The van der Waals surface area contributed by atoms with Gasteiger partial charge in [-0.3, -0.25) is 16.0 Å². The Morgan fingerprint density at radius 1 is 0.763 bits per heavy atom. The van der Waals surface area contributed by atoms with Crippen LogP contribution in [0.2, 0.25) is 0 Å². The summed E-state index contributed by atoms with van der Waals surface area (Å²) in [6.45, 7) is 0. The molecule has 0 aliphatic heterocycles. The third kappa shape index (κ3) is 7.56. The molecule has 1 saturated carbocycles. The molecule has 38 heavy (non-hydrogen) atoms. The van der Waals surface area contributed by atoms with Crippen LogP contribution in [0.4, 0.5) is 29.7 Å². The number of aliphatic hydroxyl groups is 4. The zero-order chi connectivity index (χ0) is 27.8. The molecular formula is C22H26F2N8O6. The second kappa shape index (κ2) is 12.7. The van der Waals surface area contributed by atoms with Crippen LogP contribution in [0.25, 0.3) is 0 Å². The molecule has 2 aromatic carbocycles. The number of aliphatic hydroxyl groups excluding tert-OH is 4. The first-order valence-corrected chi connectivity index (χ1v) is 11.1. The summed E-state index contributed by atoms with van der Waals surface area (Å²) >= 11 is 0. The van der Waals surface area contributed by atoms with E-state index >= 15 is 0 Å². The van der Waals surface area contributed by atoms with Crippen molar-refractivity contribution in [2.45, 2.75) is 36.5 Å². The first-order valence-electron chi connectivity index (χ1n) is 11.1. The highest BCUT2D eigenvalue weighted by molar-refractivity contribution is 6.01. The number of carbonyl (C=O) groups is 2. The fourth-order valence-corrected chi connectivity index (χ4v) is 3.50. The van der Waals surface area contributed by atoms with Gasteiger partial charge in [0.05, 0.1) is 6.04 Å². The van der Waals surface area contributed by atoms with Crippen molar-refractivity contribution in [2.24, 2.45) is 5.10 Å². The summed E-state index contributed by atoms with van der Waals surface area (Å²) in [6.07, 6.45) is -6.05. The number of halogens is 2. The van der Waals surface area contributed by atoms with Crippen molar-refractivity contribution < 1.29 is 38.8 Å². The number of hydrogen-bond acceptors (Lipinski definition) is 9. The maximum atomic E-state index is 13.0. The summed E-state index contributed by atoms with van der Waals surface area (Å²) in [5, 5.41) is 64.4. The minimum Gasteiger partial charge on any atom is -0.389 e. The summed E-state index contributed by atoms with van der Waals surface area (Å²) in [5.41, 5.74) is 2.88. The number of rotatable bonds is 6. The van der Waals surface area contributed by atoms with Crippen molar-refractivity contribution in [2.75, 3.05) is 10.6 Å². The van der Waals surface area contributed by atoms with Crippen molar-refractivity contribution in [3.8, 4) is 0 Å². The Hall–Kier alpha value is -4.38. The van der Waals surface area contributed by atoms with Crippen LogP contribution in [0.15, 0.2) is 53.6 Å². The van der Waals surface area contributed by atoms with Gasteiger partial charge in [-0.15, -0.1) is 0 Å². The van der Waals surface area contributed by atoms with Crippen molar-refractivity contribution in [3.63, 3.8) is 0 Å². The smallest absolute Gasteiger partial charge is 0.325 e. The van der Waals surface area contributed by atoms with E-state index in [1.165, 1.54) is 24.3 Å². The van der Waals surface area contributed by atoms with Gasteiger partial charge in [0.15, 0.2) is 5.96 Å². The van der Waals surface area contributed by atoms with Crippen LogP contribution in [0, 0.1) is 17.0 Å². The SMILES string of the molecule is N=C(NC(=O)Nc1ccc(F)cc1)NC1C(O)C(O)C(O)C(NN=CNC(=O)Nc2ccc(F)cc2)C1O. The Morgan fingerprint density at radius 2 is 1.26 bits per heavy atom. The molecule has 0 spiro atoms. The molecule has 204 valence electrons. The van der Waals surface area contributed by atoms with Crippen LogP contribution in [0.5, 0.6) is 0 Å². The zero-order valence-corrected chi connectivity index (χ0v) is 19.5. The highest BCUT2D eigenvalue weighted by Gasteiger charge is 2.49. The molecule has 16 heteroatoms. The molecule has 14 nitrogen and oxygen atoms in total. The second-order valence-electron chi connectivity index (χ2n) is 8.11. The predicted octanol–water partition coefficient (Wildman–Crippen LogP) is -0.840. The maximum absolute atomic E-state index is 13.0. The summed E-state index contributed by atoms with van der Waals surface area (Å²) < 4.78 is 25.9. The van der Waals surface area contributed by atoms with E-state index in [0.29, 0.717) is 5.69 Å². The number of hydrazone groups is 1. The number of urea groups is 2. The van der Waals surface area contributed by atoms with E-state index in [1.54, 1.807) is 0 Å². The van der Waals surface area contributed by atoms with Crippen LogP contribution >= 0.6 is 0 Å². The minimum atomic E-state index is -1.79. The summed E-state index contributed by atoms with van der Waals surface area (Å²) in [6, 6.07) is 5.30. The second-order valence-corrected chi connectivity index (χ2v) is 8.11. The molecule has 0 radical (unpaired) electrons. The molecule has 1 aliphatic rings. The molecule has 4 amide bonds. The van der Waals surface area contributed by atoms with Gasteiger partial charge in [0, 0.05) is 11.4 Å². The molecule has 1 aliphatic carbocycles. The number of guanidine groups is 1. The zero-order valence-electron chi connectivity index (χ0n) is 19.5. The predicted molar refractivity (Wildman–Crippen MR) is 131 cm³/mol. The Morgan fingerprint density at radius 3 is 1.82 bits per heavy atom. The van der Waals surface area contributed by atoms with Gasteiger partial charge in [0.25, 0.3) is 0 Å². The van der Waals surface area contributed by atoms with Gasteiger partial charge >= 0.3 is 12.1 Å². The number of anilines is 2. The van der Waals surface area contributed by atoms with Crippen LogP contribution in [0.1, 0.15) is 0 Å². The maximum Gasteiger partial charge on any atom is 0.325 e. The largest absolute Gasteiger partial charge is 0.389 e. The molecular weight excluding hydrogens is 510 g/mol. The number of benzene rings is 2. The van der Waals surface area contributed by atoms with E-state index in [0.717, 1.165) is 30.6 Å². The fraction of sp³-hybridized carbons (Fsp3) is 0.273. The first kappa shape index (κ1) is 28.2. The number of nitrogens with zero attached hydrogens (tertiary/aromatic N) is 1. The van der Waals surface area contributed by atoms with Gasteiger partial charge in [-0.25, -0.2) is 18.4 Å². The molecule has 6 unspecified atom stereocenters. The van der Waals surface area contributed by atoms with E-state index in [2.05, 4.69) is 37.1 Å². The quantitative estimate of drug-likeness (QED) is 0.127. The average Bonchev–Trinajstić information content (AvgIpc) is 2.87. The van der Waals surface area contributed by atoms with Crippen molar-refractivity contribution in [1.82, 2.24) is 21.4 Å². The normalized spacial score (nSPS) is 24.8. The molecule has 11 N–H and O–H groups in total. The number of amides is 4. The molecule has 0 saturated heterocycles. The van der Waals surface area contributed by atoms with Gasteiger partial charge in [0.1, 0.15) is 48.4 Å². The van der Waals surface area contributed by atoms with Crippen LogP contribution < -0.4 is 32.0 Å². The van der Waals surface area contributed by atoms with Crippen LogP contribution in [-0.4, -0.2) is 81.3 Å². The molecule has 3 rings (SSSR count). The molecule has 2 aromatic rings. The average molecular weight is 536 g/mol. The Kier molecular flexibility index (Phi) is 9.44. The van der Waals surface area contributed by atoms with Gasteiger partial charge in [0.2, 0.25) is 0 Å².